The van der Waals surface area contributed by atoms with Crippen LogP contribution in [-0.4, -0.2) is 70.7 Å². The lowest BCUT2D eigenvalue weighted by molar-refractivity contribution is -0.0487. The number of fused-ring (bicyclic) bond motifs is 1. The lowest BCUT2D eigenvalue weighted by atomic mass is 10.1. The predicted molar refractivity (Wildman–Crippen MR) is 80.1 cm³/mol. The van der Waals surface area contributed by atoms with Crippen LogP contribution in [0.1, 0.15) is 6.23 Å². The van der Waals surface area contributed by atoms with E-state index in [9.17, 15) is 10.2 Å². The van der Waals surface area contributed by atoms with Crippen molar-refractivity contribution >= 4 is 30.8 Å². The Balaban J connectivity index is 1.85. The number of hydrogen-bond donors (Lipinski definition) is 5. The van der Waals surface area contributed by atoms with Crippen LogP contribution in [0.4, 0.5) is 5.82 Å². The average molecular weight is 345 g/mol. The summed E-state index contributed by atoms with van der Waals surface area (Å²) in [4.78, 5) is 30.2. The second-order valence-electron chi connectivity index (χ2n) is 5.09. The number of imidazole rings is 1. The molecule has 1 aliphatic heterocycles. The van der Waals surface area contributed by atoms with Gasteiger partial charge in [0.2, 0.25) is 7.57 Å². The summed E-state index contributed by atoms with van der Waals surface area (Å²) in [5.41, 5.74) is 6.37. The van der Waals surface area contributed by atoms with Crippen molar-refractivity contribution in [3.05, 3.63) is 12.7 Å². The van der Waals surface area contributed by atoms with E-state index < -0.39 is 32.1 Å². The van der Waals surface area contributed by atoms with E-state index in [4.69, 9.17) is 24.8 Å². The molecule has 126 valence electrons. The largest absolute Gasteiger partial charge is 0.387 e. The fourth-order valence-electron chi connectivity index (χ4n) is 2.35. The summed E-state index contributed by atoms with van der Waals surface area (Å²) >= 11 is 0. The van der Waals surface area contributed by atoms with Gasteiger partial charge < -0.3 is 35.0 Å². The zero-order valence-corrected chi connectivity index (χ0v) is 12.7. The number of nitrogen functional groups attached to an aromatic ring is 1. The van der Waals surface area contributed by atoms with Gasteiger partial charge in [0.25, 0.3) is 0 Å². The normalized spacial score (nSPS) is 28.5. The predicted octanol–water partition coefficient (Wildman–Crippen LogP) is -1.78. The summed E-state index contributed by atoms with van der Waals surface area (Å²) in [7, 11) is -3.72. The van der Waals surface area contributed by atoms with Crippen molar-refractivity contribution in [2.45, 2.75) is 24.5 Å². The highest BCUT2D eigenvalue weighted by Gasteiger charge is 2.44. The molecular weight excluding hydrogens is 329 g/mol. The zero-order chi connectivity index (χ0) is 16.8. The molecule has 0 bridgehead atoms. The summed E-state index contributed by atoms with van der Waals surface area (Å²) in [6, 6.07) is 0. The number of nitrogens with two attached hydrogens (primary N) is 1. The molecule has 3 rings (SSSR count). The van der Waals surface area contributed by atoms with Crippen molar-refractivity contribution < 1.29 is 29.3 Å². The highest BCUT2D eigenvalue weighted by atomic mass is 31.2. The molecule has 0 radical (unpaired) electrons. The minimum Gasteiger partial charge on any atom is -0.387 e. The minimum absolute atomic E-state index is 0.175. The summed E-state index contributed by atoms with van der Waals surface area (Å²) in [5, 5.41) is 20.2. The third-order valence-electron chi connectivity index (χ3n) is 3.44. The van der Waals surface area contributed by atoms with E-state index in [-0.39, 0.29) is 12.4 Å². The van der Waals surface area contributed by atoms with Crippen LogP contribution in [0.3, 0.4) is 0 Å². The molecule has 2 aromatic rings. The first-order valence-electron chi connectivity index (χ1n) is 6.56. The lowest BCUT2D eigenvalue weighted by Gasteiger charge is -2.17. The van der Waals surface area contributed by atoms with Crippen molar-refractivity contribution in [2.75, 3.05) is 12.3 Å². The quantitative estimate of drug-likeness (QED) is 0.399. The molecule has 1 saturated heterocycles. The minimum atomic E-state index is -3.72. The lowest BCUT2D eigenvalue weighted by Crippen LogP contribution is -2.33. The number of rotatable bonds is 4. The van der Waals surface area contributed by atoms with Gasteiger partial charge in [-0.25, -0.2) is 15.0 Å². The molecule has 6 N–H and O–H groups in total. The molecule has 0 aromatic carbocycles. The summed E-state index contributed by atoms with van der Waals surface area (Å²) in [6.07, 6.45) is 1.08. The topological polar surface area (TPSA) is 169 Å². The summed E-state index contributed by atoms with van der Waals surface area (Å²) in [6.45, 7) is -0.344. The molecule has 0 saturated carbocycles. The average Bonchev–Trinajstić information content (AvgIpc) is 3.01. The smallest absolute Gasteiger partial charge is 0.245 e. The highest BCUT2D eigenvalue weighted by Crippen LogP contribution is 2.38. The Hall–Kier alpha value is -1.59. The molecule has 0 amide bonds. The van der Waals surface area contributed by atoms with Crippen LogP contribution in [0.15, 0.2) is 12.7 Å². The standard InChI is InChI=1S/C11H16N5O6P/c1-23(19,20)21-2-5-7(17)8(18)11(22-5)16-4-15-6-9(12)13-3-14-10(6)16/h3-5,7-8,11,17-20H,1-2H2,(H2,12,13,14)/t5-,7-,8-,11-/m1/s1. The molecule has 11 nitrogen and oxygen atoms in total. The van der Waals surface area contributed by atoms with Crippen molar-refractivity contribution in [1.29, 1.82) is 0 Å². The van der Waals surface area contributed by atoms with Crippen LogP contribution in [0.5, 0.6) is 0 Å². The molecule has 1 fully saturated rings. The Kier molecular flexibility index (Phi) is 4.10. The third kappa shape index (κ3) is 3.08. The number of hydrogen-bond acceptors (Lipinski definition) is 10. The number of nitrogens with zero attached hydrogens (tertiary/aromatic N) is 4. The number of anilines is 1. The molecule has 0 spiro atoms. The Morgan fingerprint density at radius 3 is 2.74 bits per heavy atom. The third-order valence-corrected chi connectivity index (χ3v) is 4.01. The van der Waals surface area contributed by atoms with Crippen molar-refractivity contribution in [3.63, 3.8) is 0 Å². The Bertz CT molecular complexity index is 762. The molecule has 1 aliphatic rings. The molecule has 23 heavy (non-hydrogen) atoms. The van der Waals surface area contributed by atoms with Gasteiger partial charge in [0.15, 0.2) is 17.7 Å². The summed E-state index contributed by atoms with van der Waals surface area (Å²) < 4.78 is 11.7. The van der Waals surface area contributed by atoms with Crippen LogP contribution >= 0.6 is 7.57 Å². The molecule has 4 atom stereocenters. The van der Waals surface area contributed by atoms with E-state index in [1.165, 1.54) is 17.2 Å². The molecule has 0 unspecified atom stereocenters. The molecule has 0 aliphatic carbocycles. The maximum absolute atomic E-state index is 10.2. The van der Waals surface area contributed by atoms with Crippen LogP contribution in [0, 0.1) is 0 Å². The van der Waals surface area contributed by atoms with Gasteiger partial charge >= 0.3 is 0 Å². The number of aromatic nitrogens is 4. The van der Waals surface area contributed by atoms with Crippen LogP contribution in [0.25, 0.3) is 11.2 Å². The van der Waals surface area contributed by atoms with Crippen LogP contribution in [-0.2, 0) is 9.26 Å². The fourth-order valence-corrected chi connectivity index (χ4v) is 2.73. The van der Waals surface area contributed by atoms with Crippen molar-refractivity contribution in [1.82, 2.24) is 19.5 Å². The Morgan fingerprint density at radius 1 is 1.30 bits per heavy atom. The Morgan fingerprint density at radius 2 is 2.04 bits per heavy atom. The van der Waals surface area contributed by atoms with E-state index in [2.05, 4.69) is 21.3 Å². The van der Waals surface area contributed by atoms with E-state index in [1.807, 2.05) is 0 Å². The van der Waals surface area contributed by atoms with Gasteiger partial charge in [-0.15, -0.1) is 0 Å². The number of aliphatic hydroxyl groups is 2. The van der Waals surface area contributed by atoms with Gasteiger partial charge in [-0.2, -0.15) is 0 Å². The highest BCUT2D eigenvalue weighted by molar-refractivity contribution is 7.57. The maximum atomic E-state index is 10.2. The molecule has 12 heteroatoms. The van der Waals surface area contributed by atoms with Crippen LogP contribution < -0.4 is 5.73 Å². The zero-order valence-electron chi connectivity index (χ0n) is 11.8. The second-order valence-corrected chi connectivity index (χ2v) is 6.68. The molecular formula is C11H16N5O6P. The number of ether oxygens (including phenoxy) is 1. The molecule has 2 aromatic heterocycles. The van der Waals surface area contributed by atoms with Gasteiger partial charge in [0.1, 0.15) is 30.2 Å². The van der Waals surface area contributed by atoms with E-state index in [0.717, 1.165) is 0 Å². The fraction of sp³-hybridized carbons (Fsp3) is 0.455. The Labute approximate surface area is 130 Å². The van der Waals surface area contributed by atoms with Gasteiger partial charge in [0.05, 0.1) is 12.9 Å². The van der Waals surface area contributed by atoms with E-state index >= 15 is 0 Å². The van der Waals surface area contributed by atoms with E-state index in [0.29, 0.717) is 11.2 Å². The van der Waals surface area contributed by atoms with E-state index in [1.54, 1.807) is 0 Å². The monoisotopic (exact) mass is 345 g/mol. The SMILES string of the molecule is C=P(O)(O)OC[C@H]1O[C@@H](n2cnc3c(N)ncnc32)[C@H](O)[C@@H]1O. The first-order chi connectivity index (χ1) is 10.8. The number of aliphatic hydroxyl groups excluding tert-OH is 2. The summed E-state index contributed by atoms with van der Waals surface area (Å²) in [5.74, 6) is 0.175. The first-order valence-corrected chi connectivity index (χ1v) is 8.36. The van der Waals surface area contributed by atoms with Gasteiger partial charge in [-0.1, -0.05) is 0 Å². The van der Waals surface area contributed by atoms with Gasteiger partial charge in [0, 0.05) is 0 Å². The van der Waals surface area contributed by atoms with Gasteiger partial charge in [-0.05, 0) is 6.30 Å². The first kappa shape index (κ1) is 16.3. The van der Waals surface area contributed by atoms with Crippen molar-refractivity contribution in [3.8, 4) is 0 Å². The van der Waals surface area contributed by atoms with Crippen LogP contribution in [0.2, 0.25) is 0 Å². The maximum Gasteiger partial charge on any atom is 0.245 e. The molecule has 3 heterocycles. The second kappa shape index (κ2) is 5.80. The van der Waals surface area contributed by atoms with Crippen molar-refractivity contribution in [2.24, 2.45) is 0 Å². The van der Waals surface area contributed by atoms with Gasteiger partial charge in [-0.3, -0.25) is 4.57 Å².